The number of esters is 1. The van der Waals surface area contributed by atoms with Gasteiger partial charge in [-0.2, -0.15) is 0 Å². The minimum Gasteiger partial charge on any atom is -0.468 e. The van der Waals surface area contributed by atoms with Crippen molar-refractivity contribution in [3.05, 3.63) is 0 Å². The van der Waals surface area contributed by atoms with Gasteiger partial charge in [-0.3, -0.25) is 4.79 Å². The van der Waals surface area contributed by atoms with Gasteiger partial charge in [-0.1, -0.05) is 0 Å². The first-order chi connectivity index (χ1) is 6.22. The molecule has 0 saturated carbocycles. The smallest absolute Gasteiger partial charge is 0.319 e. The van der Waals surface area contributed by atoms with E-state index in [1.165, 1.54) is 7.11 Å². The molecule has 2 atom stereocenters. The van der Waals surface area contributed by atoms with Crippen LogP contribution < -0.4 is 5.32 Å². The third-order valence-electron chi connectivity index (χ3n) is 2.19. The SMILES string of the molecule is COC(=O)CNCC1CCC(C)O1. The molecule has 1 fully saturated rings. The minimum atomic E-state index is -0.231. The van der Waals surface area contributed by atoms with Crippen molar-refractivity contribution in [3.63, 3.8) is 0 Å². The molecule has 0 aliphatic carbocycles. The molecule has 1 rings (SSSR count). The van der Waals surface area contributed by atoms with E-state index in [1.807, 2.05) is 0 Å². The molecule has 4 nitrogen and oxygen atoms in total. The molecule has 0 bridgehead atoms. The van der Waals surface area contributed by atoms with E-state index in [0.29, 0.717) is 6.10 Å². The van der Waals surface area contributed by atoms with Gasteiger partial charge < -0.3 is 14.8 Å². The second-order valence-corrected chi connectivity index (χ2v) is 3.35. The highest BCUT2D eigenvalue weighted by molar-refractivity contribution is 5.71. The van der Waals surface area contributed by atoms with Crippen molar-refractivity contribution in [2.75, 3.05) is 20.2 Å². The Hall–Kier alpha value is -0.610. The van der Waals surface area contributed by atoms with Crippen molar-refractivity contribution in [1.82, 2.24) is 5.32 Å². The van der Waals surface area contributed by atoms with E-state index in [9.17, 15) is 4.79 Å². The second-order valence-electron chi connectivity index (χ2n) is 3.35. The topological polar surface area (TPSA) is 47.6 Å². The molecule has 1 aliphatic heterocycles. The molecule has 1 heterocycles. The number of carbonyl (C=O) groups is 1. The Morgan fingerprint density at radius 2 is 2.38 bits per heavy atom. The zero-order valence-electron chi connectivity index (χ0n) is 8.21. The lowest BCUT2D eigenvalue weighted by atomic mass is 10.2. The van der Waals surface area contributed by atoms with Crippen molar-refractivity contribution < 1.29 is 14.3 Å². The Kier molecular flexibility index (Phi) is 4.18. The van der Waals surface area contributed by atoms with Gasteiger partial charge in [-0.15, -0.1) is 0 Å². The fraction of sp³-hybridized carbons (Fsp3) is 0.889. The number of methoxy groups -OCH3 is 1. The highest BCUT2D eigenvalue weighted by Crippen LogP contribution is 2.17. The Bertz CT molecular complexity index is 172. The Morgan fingerprint density at radius 1 is 1.62 bits per heavy atom. The molecule has 4 heteroatoms. The van der Waals surface area contributed by atoms with Crippen molar-refractivity contribution >= 4 is 5.97 Å². The zero-order chi connectivity index (χ0) is 9.68. The number of hydrogen-bond donors (Lipinski definition) is 1. The average Bonchev–Trinajstić information content (AvgIpc) is 2.51. The van der Waals surface area contributed by atoms with Crippen LogP contribution >= 0.6 is 0 Å². The number of nitrogens with one attached hydrogen (secondary N) is 1. The van der Waals surface area contributed by atoms with Gasteiger partial charge in [0, 0.05) is 6.54 Å². The van der Waals surface area contributed by atoms with E-state index in [0.717, 1.165) is 19.4 Å². The van der Waals surface area contributed by atoms with Crippen LogP contribution in [0.5, 0.6) is 0 Å². The van der Waals surface area contributed by atoms with E-state index in [2.05, 4.69) is 17.0 Å². The second kappa shape index (κ2) is 5.19. The molecule has 0 amide bonds. The standard InChI is InChI=1S/C9H17NO3/c1-7-3-4-8(13-7)5-10-6-9(11)12-2/h7-8,10H,3-6H2,1-2H3. The molecular formula is C9H17NO3. The third kappa shape index (κ3) is 3.74. The largest absolute Gasteiger partial charge is 0.468 e. The minimum absolute atomic E-state index is 0.231. The summed E-state index contributed by atoms with van der Waals surface area (Å²) in [5.74, 6) is -0.231. The molecule has 2 unspecified atom stereocenters. The van der Waals surface area contributed by atoms with E-state index in [1.54, 1.807) is 0 Å². The summed E-state index contributed by atoms with van der Waals surface area (Å²) in [6.07, 6.45) is 2.82. The predicted octanol–water partition coefficient (Wildman–Crippen LogP) is 0.316. The molecule has 1 saturated heterocycles. The molecule has 1 N–H and O–H groups in total. The maximum atomic E-state index is 10.7. The van der Waals surface area contributed by atoms with Gasteiger partial charge in [0.1, 0.15) is 0 Å². The lowest BCUT2D eigenvalue weighted by molar-refractivity contribution is -0.139. The van der Waals surface area contributed by atoms with Gasteiger partial charge >= 0.3 is 5.97 Å². The molecular weight excluding hydrogens is 170 g/mol. The summed E-state index contributed by atoms with van der Waals surface area (Å²) in [4.78, 5) is 10.7. The Balaban J connectivity index is 2.03. The van der Waals surface area contributed by atoms with Crippen LogP contribution in [0.3, 0.4) is 0 Å². The van der Waals surface area contributed by atoms with Crippen LogP contribution in [0.4, 0.5) is 0 Å². The summed E-state index contributed by atoms with van der Waals surface area (Å²) in [6.45, 7) is 3.07. The van der Waals surface area contributed by atoms with Gasteiger partial charge in [-0.25, -0.2) is 0 Å². The predicted molar refractivity (Wildman–Crippen MR) is 48.5 cm³/mol. The molecule has 0 aromatic heterocycles. The van der Waals surface area contributed by atoms with Crippen LogP contribution in [-0.2, 0) is 14.3 Å². The van der Waals surface area contributed by atoms with Crippen molar-refractivity contribution in [2.45, 2.75) is 32.0 Å². The van der Waals surface area contributed by atoms with Crippen molar-refractivity contribution in [3.8, 4) is 0 Å². The Morgan fingerprint density at radius 3 is 2.92 bits per heavy atom. The summed E-state index contributed by atoms with van der Waals surface area (Å²) in [5, 5.41) is 3.00. The molecule has 0 aromatic carbocycles. The Labute approximate surface area is 78.6 Å². The van der Waals surface area contributed by atoms with Crippen LogP contribution in [0.25, 0.3) is 0 Å². The maximum Gasteiger partial charge on any atom is 0.319 e. The van der Waals surface area contributed by atoms with E-state index < -0.39 is 0 Å². The first-order valence-corrected chi connectivity index (χ1v) is 4.65. The maximum absolute atomic E-state index is 10.7. The van der Waals surface area contributed by atoms with Crippen LogP contribution in [0.15, 0.2) is 0 Å². The van der Waals surface area contributed by atoms with Gasteiger partial charge in [0.25, 0.3) is 0 Å². The molecule has 76 valence electrons. The van der Waals surface area contributed by atoms with E-state index in [-0.39, 0.29) is 18.6 Å². The van der Waals surface area contributed by atoms with Gasteiger partial charge in [0.05, 0.1) is 25.9 Å². The van der Waals surface area contributed by atoms with Gasteiger partial charge in [0.15, 0.2) is 0 Å². The summed E-state index contributed by atoms with van der Waals surface area (Å²) in [6, 6.07) is 0. The van der Waals surface area contributed by atoms with Gasteiger partial charge in [-0.05, 0) is 19.8 Å². The van der Waals surface area contributed by atoms with E-state index in [4.69, 9.17) is 4.74 Å². The fourth-order valence-corrected chi connectivity index (χ4v) is 1.44. The zero-order valence-corrected chi connectivity index (χ0v) is 8.21. The fourth-order valence-electron chi connectivity index (χ4n) is 1.44. The summed E-state index contributed by atoms with van der Waals surface area (Å²) in [5.41, 5.74) is 0. The number of carbonyl (C=O) groups excluding carboxylic acids is 1. The number of hydrogen-bond acceptors (Lipinski definition) is 4. The highest BCUT2D eigenvalue weighted by Gasteiger charge is 2.21. The average molecular weight is 187 g/mol. The number of ether oxygens (including phenoxy) is 2. The summed E-state index contributed by atoms with van der Waals surface area (Å²) < 4.78 is 10.1. The molecule has 13 heavy (non-hydrogen) atoms. The quantitative estimate of drug-likeness (QED) is 0.644. The highest BCUT2D eigenvalue weighted by atomic mass is 16.5. The van der Waals surface area contributed by atoms with Crippen molar-refractivity contribution in [2.24, 2.45) is 0 Å². The summed E-state index contributed by atoms with van der Waals surface area (Å²) >= 11 is 0. The van der Waals surface area contributed by atoms with Crippen LogP contribution in [0, 0.1) is 0 Å². The lowest BCUT2D eigenvalue weighted by Gasteiger charge is -2.11. The van der Waals surface area contributed by atoms with Crippen LogP contribution in [0.1, 0.15) is 19.8 Å². The normalized spacial score (nSPS) is 27.5. The van der Waals surface area contributed by atoms with E-state index >= 15 is 0 Å². The lowest BCUT2D eigenvalue weighted by Crippen LogP contribution is -2.31. The first kappa shape index (κ1) is 10.5. The molecule has 0 aromatic rings. The number of rotatable bonds is 4. The molecule has 0 radical (unpaired) electrons. The van der Waals surface area contributed by atoms with Crippen LogP contribution in [-0.4, -0.2) is 38.4 Å². The van der Waals surface area contributed by atoms with Gasteiger partial charge in [0.2, 0.25) is 0 Å². The summed E-state index contributed by atoms with van der Waals surface area (Å²) in [7, 11) is 1.39. The van der Waals surface area contributed by atoms with Crippen molar-refractivity contribution in [1.29, 1.82) is 0 Å². The molecule has 1 aliphatic rings. The monoisotopic (exact) mass is 187 g/mol. The van der Waals surface area contributed by atoms with Crippen LogP contribution in [0.2, 0.25) is 0 Å². The molecule has 0 spiro atoms. The first-order valence-electron chi connectivity index (χ1n) is 4.65. The third-order valence-corrected chi connectivity index (χ3v) is 2.19.